The molecule has 0 aromatic heterocycles. The number of anilines is 1. The number of rotatable bonds is 7. The van der Waals surface area contributed by atoms with E-state index in [0.29, 0.717) is 12.1 Å². The smallest absolute Gasteiger partial charge is 0.349 e. The van der Waals surface area contributed by atoms with E-state index in [0.717, 1.165) is 11.3 Å². The van der Waals surface area contributed by atoms with Crippen LogP contribution in [-0.2, 0) is 20.9 Å². The first-order valence-corrected chi connectivity index (χ1v) is 10.0. The summed E-state index contributed by atoms with van der Waals surface area (Å²) < 4.78 is 5.18. The summed E-state index contributed by atoms with van der Waals surface area (Å²) in [5.74, 6) is -1.14. The third kappa shape index (κ3) is 7.00. The maximum atomic E-state index is 12.8. The van der Waals surface area contributed by atoms with Crippen molar-refractivity contribution in [2.45, 2.75) is 32.9 Å². The standard InChI is InChI=1S/C25H29N3O3/c1-25(2,3)28(17-20-9-7-6-8-10-20)23(29)18-31-24(30)21(16-26)15-19-11-13-22(14-12-19)27(4)5/h6-15H,17-18H2,1-5H3/b21-15+. The van der Waals surface area contributed by atoms with Crippen LogP contribution in [0.25, 0.3) is 6.08 Å². The SMILES string of the molecule is CN(C)c1ccc(/C=C(\C#N)C(=O)OCC(=O)N(Cc2ccccc2)C(C)(C)C)cc1. The van der Waals surface area contributed by atoms with Gasteiger partial charge in [0.25, 0.3) is 5.91 Å². The highest BCUT2D eigenvalue weighted by Gasteiger charge is 2.27. The second-order valence-electron chi connectivity index (χ2n) is 8.37. The molecule has 0 spiro atoms. The molecule has 2 aromatic rings. The number of hydrogen-bond donors (Lipinski definition) is 0. The predicted molar refractivity (Wildman–Crippen MR) is 122 cm³/mol. The summed E-state index contributed by atoms with van der Waals surface area (Å²) in [5.41, 5.74) is 2.07. The minimum Gasteiger partial charge on any atom is -0.451 e. The monoisotopic (exact) mass is 419 g/mol. The summed E-state index contributed by atoms with van der Waals surface area (Å²) >= 11 is 0. The molecule has 0 saturated heterocycles. The van der Waals surface area contributed by atoms with E-state index in [4.69, 9.17) is 4.74 Å². The number of nitriles is 1. The number of carbonyl (C=O) groups excluding carboxylic acids is 2. The van der Waals surface area contributed by atoms with Gasteiger partial charge in [-0.2, -0.15) is 5.26 Å². The van der Waals surface area contributed by atoms with E-state index in [9.17, 15) is 14.9 Å². The molecule has 6 nitrogen and oxygen atoms in total. The maximum Gasteiger partial charge on any atom is 0.349 e. The fourth-order valence-corrected chi connectivity index (χ4v) is 2.92. The Kier molecular flexibility index (Phi) is 7.98. The van der Waals surface area contributed by atoms with Gasteiger partial charge < -0.3 is 14.5 Å². The third-order valence-corrected chi connectivity index (χ3v) is 4.68. The lowest BCUT2D eigenvalue weighted by atomic mass is 10.0. The fraction of sp³-hybridized carbons (Fsp3) is 0.320. The topological polar surface area (TPSA) is 73.6 Å². The first kappa shape index (κ1) is 23.7. The number of ether oxygens (including phenoxy) is 1. The summed E-state index contributed by atoms with van der Waals surface area (Å²) in [5, 5.41) is 9.38. The van der Waals surface area contributed by atoms with Crippen molar-refractivity contribution in [2.75, 3.05) is 25.6 Å². The Hall–Kier alpha value is -3.59. The van der Waals surface area contributed by atoms with Crippen LogP contribution in [0.4, 0.5) is 5.69 Å². The molecule has 2 rings (SSSR count). The van der Waals surface area contributed by atoms with E-state index in [1.54, 1.807) is 4.90 Å². The molecule has 0 N–H and O–H groups in total. The van der Waals surface area contributed by atoms with Gasteiger partial charge in [-0.3, -0.25) is 4.79 Å². The lowest BCUT2D eigenvalue weighted by molar-refractivity contribution is -0.151. The number of nitrogens with zero attached hydrogens (tertiary/aromatic N) is 3. The minimum absolute atomic E-state index is 0.157. The molecule has 0 radical (unpaired) electrons. The van der Waals surface area contributed by atoms with Crippen molar-refractivity contribution in [3.05, 3.63) is 71.3 Å². The predicted octanol–water partition coefficient (Wildman–Crippen LogP) is 4.03. The van der Waals surface area contributed by atoms with E-state index in [2.05, 4.69) is 0 Å². The zero-order valence-electron chi connectivity index (χ0n) is 18.8. The molecule has 162 valence electrons. The summed E-state index contributed by atoms with van der Waals surface area (Å²) in [7, 11) is 3.86. The van der Waals surface area contributed by atoms with E-state index in [1.165, 1.54) is 6.08 Å². The van der Waals surface area contributed by atoms with Crippen molar-refractivity contribution in [1.29, 1.82) is 5.26 Å². The van der Waals surface area contributed by atoms with Gasteiger partial charge in [0.05, 0.1) is 0 Å². The normalized spacial score (nSPS) is 11.4. The highest BCUT2D eigenvalue weighted by molar-refractivity contribution is 5.98. The van der Waals surface area contributed by atoms with Gasteiger partial charge in [0.15, 0.2) is 6.61 Å². The fourth-order valence-electron chi connectivity index (χ4n) is 2.92. The lowest BCUT2D eigenvalue weighted by Gasteiger charge is -2.35. The first-order valence-electron chi connectivity index (χ1n) is 10.0. The molecule has 0 unspecified atom stereocenters. The molecule has 0 saturated carbocycles. The Balaban J connectivity index is 2.07. The van der Waals surface area contributed by atoms with Gasteiger partial charge in [0.2, 0.25) is 0 Å². The van der Waals surface area contributed by atoms with E-state index in [-0.39, 0.29) is 11.5 Å². The van der Waals surface area contributed by atoms with Gasteiger partial charge in [0.1, 0.15) is 11.6 Å². The Bertz CT molecular complexity index is 966. The van der Waals surface area contributed by atoms with Crippen molar-refractivity contribution in [3.8, 4) is 6.07 Å². The zero-order chi connectivity index (χ0) is 23.0. The molecule has 0 heterocycles. The quantitative estimate of drug-likeness (QED) is 0.385. The van der Waals surface area contributed by atoms with Gasteiger partial charge >= 0.3 is 5.97 Å². The molecule has 0 aliphatic heterocycles. The van der Waals surface area contributed by atoms with Crippen molar-refractivity contribution in [1.82, 2.24) is 4.90 Å². The third-order valence-electron chi connectivity index (χ3n) is 4.68. The van der Waals surface area contributed by atoms with Crippen LogP contribution in [0.2, 0.25) is 0 Å². The van der Waals surface area contributed by atoms with E-state index < -0.39 is 18.1 Å². The summed E-state index contributed by atoms with van der Waals surface area (Å²) in [4.78, 5) is 28.8. The summed E-state index contributed by atoms with van der Waals surface area (Å²) in [6.45, 7) is 5.75. The number of carbonyl (C=O) groups is 2. The molecule has 0 aliphatic carbocycles. The molecular weight excluding hydrogens is 390 g/mol. The van der Waals surface area contributed by atoms with Crippen LogP contribution in [-0.4, -0.2) is 43.0 Å². The van der Waals surface area contributed by atoms with Crippen LogP contribution >= 0.6 is 0 Å². The Labute approximate surface area is 184 Å². The van der Waals surface area contributed by atoms with Crippen molar-refractivity contribution in [3.63, 3.8) is 0 Å². The highest BCUT2D eigenvalue weighted by Crippen LogP contribution is 2.18. The van der Waals surface area contributed by atoms with Crippen molar-refractivity contribution < 1.29 is 14.3 Å². The molecule has 6 heteroatoms. The molecule has 0 atom stereocenters. The van der Waals surface area contributed by atoms with Crippen LogP contribution < -0.4 is 4.90 Å². The van der Waals surface area contributed by atoms with Crippen LogP contribution in [0.15, 0.2) is 60.2 Å². The average Bonchev–Trinajstić information content (AvgIpc) is 2.74. The number of amides is 1. The van der Waals surface area contributed by atoms with Crippen LogP contribution in [0.3, 0.4) is 0 Å². The van der Waals surface area contributed by atoms with Crippen LogP contribution in [0.5, 0.6) is 0 Å². The number of benzene rings is 2. The second-order valence-corrected chi connectivity index (χ2v) is 8.37. The van der Waals surface area contributed by atoms with Gasteiger partial charge in [-0.25, -0.2) is 4.79 Å². The number of hydrogen-bond acceptors (Lipinski definition) is 5. The van der Waals surface area contributed by atoms with Crippen molar-refractivity contribution in [2.24, 2.45) is 0 Å². The molecule has 1 amide bonds. The van der Waals surface area contributed by atoms with Gasteiger partial charge in [-0.1, -0.05) is 42.5 Å². The summed E-state index contributed by atoms with van der Waals surface area (Å²) in [6.07, 6.45) is 1.46. The van der Waals surface area contributed by atoms with E-state index >= 15 is 0 Å². The van der Waals surface area contributed by atoms with Crippen LogP contribution in [0, 0.1) is 11.3 Å². The maximum absolute atomic E-state index is 12.8. The molecule has 0 fully saturated rings. The van der Waals surface area contributed by atoms with Gasteiger partial charge in [-0.05, 0) is 50.1 Å². The highest BCUT2D eigenvalue weighted by atomic mass is 16.5. The Morgan fingerprint density at radius 2 is 1.65 bits per heavy atom. The minimum atomic E-state index is -0.818. The van der Waals surface area contributed by atoms with E-state index in [1.807, 2.05) is 100 Å². The van der Waals surface area contributed by atoms with Gasteiger partial charge in [-0.15, -0.1) is 0 Å². The Morgan fingerprint density at radius 3 is 2.16 bits per heavy atom. The number of esters is 1. The average molecular weight is 420 g/mol. The molecule has 2 aromatic carbocycles. The molecule has 31 heavy (non-hydrogen) atoms. The first-order chi connectivity index (χ1) is 14.6. The van der Waals surface area contributed by atoms with Crippen molar-refractivity contribution >= 4 is 23.6 Å². The van der Waals surface area contributed by atoms with Crippen LogP contribution in [0.1, 0.15) is 31.9 Å². The lowest BCUT2D eigenvalue weighted by Crippen LogP contribution is -2.46. The zero-order valence-corrected chi connectivity index (χ0v) is 18.8. The molecule has 0 bridgehead atoms. The van der Waals surface area contributed by atoms with Gasteiger partial charge in [0, 0.05) is 31.9 Å². The largest absolute Gasteiger partial charge is 0.451 e. The second kappa shape index (κ2) is 10.4. The molecular formula is C25H29N3O3. The molecule has 0 aliphatic rings. The summed E-state index contributed by atoms with van der Waals surface area (Å²) in [6, 6.07) is 18.9. The Morgan fingerprint density at radius 1 is 1.03 bits per heavy atom.